The highest BCUT2D eigenvalue weighted by Crippen LogP contribution is 2.25. The molecule has 0 spiro atoms. The zero-order chi connectivity index (χ0) is 21.2. The molecule has 0 aliphatic heterocycles. The highest BCUT2D eigenvalue weighted by molar-refractivity contribution is 9.10. The van der Waals surface area contributed by atoms with E-state index in [2.05, 4.69) is 32.1 Å². The first-order valence-corrected chi connectivity index (χ1v) is 9.69. The number of carbonyl (C=O) groups is 2. The van der Waals surface area contributed by atoms with Gasteiger partial charge in [0.15, 0.2) is 11.7 Å². The minimum absolute atomic E-state index is 0.0513. The third kappa shape index (κ3) is 7.55. The third-order valence-corrected chi connectivity index (χ3v) is 4.38. The fourth-order valence-electron chi connectivity index (χ4n) is 2.18. The Labute approximate surface area is 182 Å². The molecule has 2 aromatic carbocycles. The van der Waals surface area contributed by atoms with Gasteiger partial charge in [0, 0.05) is 11.6 Å². The standard InChI is InChI=1S/C20H20BrN3O4S/c1-13-7-9-17(15(21)11-13)28-12-19(26)23-24-20(29)22-18(25)10-8-14-5-3-4-6-16(14)27-2/h3-11H,12H2,1-2H3,(H,23,26)(H2,22,24,25,29)/b10-8+. The van der Waals surface area contributed by atoms with Crippen LogP contribution >= 0.6 is 28.1 Å². The number of hydrazine groups is 1. The van der Waals surface area contributed by atoms with Crippen molar-refractivity contribution in [3.63, 3.8) is 0 Å². The van der Waals surface area contributed by atoms with E-state index in [0.717, 1.165) is 15.6 Å². The van der Waals surface area contributed by atoms with Gasteiger partial charge in [-0.05, 0) is 64.9 Å². The molecule has 0 saturated heterocycles. The molecule has 0 atom stereocenters. The van der Waals surface area contributed by atoms with Crippen molar-refractivity contribution in [3.8, 4) is 11.5 Å². The van der Waals surface area contributed by atoms with Crippen molar-refractivity contribution >= 4 is 51.2 Å². The Bertz CT molecular complexity index is 934. The molecule has 7 nitrogen and oxygen atoms in total. The maximum absolute atomic E-state index is 11.9. The lowest BCUT2D eigenvalue weighted by molar-refractivity contribution is -0.123. The predicted octanol–water partition coefficient (Wildman–Crippen LogP) is 2.88. The minimum atomic E-state index is -0.460. The quantitative estimate of drug-likeness (QED) is 0.336. The first kappa shape index (κ1) is 22.4. The summed E-state index contributed by atoms with van der Waals surface area (Å²) in [5, 5.41) is 2.37. The van der Waals surface area contributed by atoms with Gasteiger partial charge in [-0.15, -0.1) is 0 Å². The van der Waals surface area contributed by atoms with Crippen molar-refractivity contribution in [1.29, 1.82) is 0 Å². The Hall–Kier alpha value is -2.91. The van der Waals surface area contributed by atoms with E-state index in [1.807, 2.05) is 37.3 Å². The van der Waals surface area contributed by atoms with Gasteiger partial charge in [-0.3, -0.25) is 25.8 Å². The van der Waals surface area contributed by atoms with Gasteiger partial charge in [0.05, 0.1) is 11.6 Å². The summed E-state index contributed by atoms with van der Waals surface area (Å²) in [5.41, 5.74) is 6.61. The molecular weight excluding hydrogens is 458 g/mol. The molecule has 29 heavy (non-hydrogen) atoms. The number of para-hydroxylation sites is 1. The number of rotatable bonds is 6. The molecule has 2 rings (SSSR count). The largest absolute Gasteiger partial charge is 0.496 e. The number of carbonyl (C=O) groups excluding carboxylic acids is 2. The van der Waals surface area contributed by atoms with E-state index in [-0.39, 0.29) is 11.7 Å². The molecule has 0 fully saturated rings. The zero-order valence-corrected chi connectivity index (χ0v) is 18.2. The monoisotopic (exact) mass is 477 g/mol. The fraction of sp³-hybridized carbons (Fsp3) is 0.150. The number of halogens is 1. The van der Waals surface area contributed by atoms with Crippen LogP contribution < -0.4 is 25.6 Å². The number of methoxy groups -OCH3 is 1. The average Bonchev–Trinajstić information content (AvgIpc) is 2.70. The maximum atomic E-state index is 11.9. The second-order valence-electron chi connectivity index (χ2n) is 5.79. The number of ether oxygens (including phenoxy) is 2. The summed E-state index contributed by atoms with van der Waals surface area (Å²) in [4.78, 5) is 23.8. The molecule has 152 valence electrons. The van der Waals surface area contributed by atoms with Crippen molar-refractivity contribution in [3.05, 3.63) is 64.1 Å². The lowest BCUT2D eigenvalue weighted by Gasteiger charge is -2.11. The molecule has 2 aromatic rings. The molecule has 0 bridgehead atoms. The first-order valence-electron chi connectivity index (χ1n) is 8.49. The van der Waals surface area contributed by atoms with E-state index < -0.39 is 11.8 Å². The highest BCUT2D eigenvalue weighted by Gasteiger charge is 2.07. The predicted molar refractivity (Wildman–Crippen MR) is 118 cm³/mol. The van der Waals surface area contributed by atoms with Gasteiger partial charge in [-0.1, -0.05) is 24.3 Å². The summed E-state index contributed by atoms with van der Waals surface area (Å²) >= 11 is 8.35. The van der Waals surface area contributed by atoms with Crippen LogP contribution in [0.3, 0.4) is 0 Å². The molecule has 0 aliphatic rings. The van der Waals surface area contributed by atoms with Crippen LogP contribution in [0.15, 0.2) is 53.0 Å². The summed E-state index contributed by atoms with van der Waals surface area (Å²) < 4.78 is 11.4. The topological polar surface area (TPSA) is 88.7 Å². The van der Waals surface area contributed by atoms with E-state index in [1.54, 1.807) is 25.3 Å². The number of aryl methyl sites for hydroxylation is 1. The van der Waals surface area contributed by atoms with Crippen LogP contribution in [0.25, 0.3) is 6.08 Å². The number of thiocarbonyl (C=S) groups is 1. The van der Waals surface area contributed by atoms with Gasteiger partial charge in [0.25, 0.3) is 5.91 Å². The van der Waals surface area contributed by atoms with Crippen LogP contribution in [0.4, 0.5) is 0 Å². The van der Waals surface area contributed by atoms with Gasteiger partial charge >= 0.3 is 0 Å². The number of amides is 2. The van der Waals surface area contributed by atoms with Gasteiger partial charge < -0.3 is 9.47 Å². The number of benzene rings is 2. The Morgan fingerprint density at radius 1 is 1.14 bits per heavy atom. The minimum Gasteiger partial charge on any atom is -0.496 e. The van der Waals surface area contributed by atoms with Crippen LogP contribution in [0.1, 0.15) is 11.1 Å². The summed E-state index contributed by atoms with van der Waals surface area (Å²) in [6.45, 7) is 1.73. The molecule has 9 heteroatoms. The number of hydrogen-bond acceptors (Lipinski definition) is 5. The number of nitrogens with one attached hydrogen (secondary N) is 3. The summed E-state index contributed by atoms with van der Waals surface area (Å²) in [5.74, 6) is 0.272. The van der Waals surface area contributed by atoms with Crippen LogP contribution in [-0.2, 0) is 9.59 Å². The van der Waals surface area contributed by atoms with E-state index in [1.165, 1.54) is 6.08 Å². The summed E-state index contributed by atoms with van der Waals surface area (Å²) in [6.07, 6.45) is 2.91. The summed E-state index contributed by atoms with van der Waals surface area (Å²) in [6, 6.07) is 12.8. The molecule has 0 radical (unpaired) electrons. The summed E-state index contributed by atoms with van der Waals surface area (Å²) in [7, 11) is 1.55. The van der Waals surface area contributed by atoms with Crippen molar-refractivity contribution in [2.75, 3.05) is 13.7 Å². The Balaban J connectivity index is 1.75. The molecule has 0 saturated carbocycles. The van der Waals surface area contributed by atoms with Crippen molar-refractivity contribution in [2.45, 2.75) is 6.92 Å². The molecule has 0 unspecified atom stereocenters. The smallest absolute Gasteiger partial charge is 0.276 e. The zero-order valence-electron chi connectivity index (χ0n) is 15.8. The Morgan fingerprint density at radius 3 is 2.62 bits per heavy atom. The van der Waals surface area contributed by atoms with Gasteiger partial charge in [0.2, 0.25) is 5.91 Å². The van der Waals surface area contributed by atoms with E-state index in [0.29, 0.717) is 11.5 Å². The molecule has 3 N–H and O–H groups in total. The lowest BCUT2D eigenvalue weighted by Crippen LogP contribution is -2.49. The maximum Gasteiger partial charge on any atom is 0.276 e. The highest BCUT2D eigenvalue weighted by atomic mass is 79.9. The molecule has 2 amide bonds. The van der Waals surface area contributed by atoms with E-state index >= 15 is 0 Å². The average molecular weight is 478 g/mol. The third-order valence-electron chi connectivity index (χ3n) is 3.55. The van der Waals surface area contributed by atoms with Crippen LogP contribution in [0.5, 0.6) is 11.5 Å². The molecule has 0 heterocycles. The van der Waals surface area contributed by atoms with Gasteiger partial charge in [-0.25, -0.2) is 0 Å². The van der Waals surface area contributed by atoms with Crippen LogP contribution in [-0.4, -0.2) is 30.6 Å². The lowest BCUT2D eigenvalue weighted by atomic mass is 10.2. The van der Waals surface area contributed by atoms with Crippen LogP contribution in [0, 0.1) is 6.92 Å². The van der Waals surface area contributed by atoms with Gasteiger partial charge in [-0.2, -0.15) is 0 Å². The Kier molecular flexibility index (Phi) is 8.63. The SMILES string of the molecule is COc1ccccc1/C=C/C(=O)NC(=S)NNC(=O)COc1ccc(C)cc1Br. The number of hydrogen-bond donors (Lipinski definition) is 3. The fourth-order valence-corrected chi connectivity index (χ4v) is 2.94. The first-order chi connectivity index (χ1) is 13.9. The van der Waals surface area contributed by atoms with E-state index in [9.17, 15) is 9.59 Å². The van der Waals surface area contributed by atoms with Gasteiger partial charge in [0.1, 0.15) is 11.5 Å². The van der Waals surface area contributed by atoms with Crippen molar-refractivity contribution in [2.24, 2.45) is 0 Å². The molecular formula is C20H20BrN3O4S. The second-order valence-corrected chi connectivity index (χ2v) is 7.05. The molecule has 0 aromatic heterocycles. The van der Waals surface area contributed by atoms with Crippen molar-refractivity contribution < 1.29 is 19.1 Å². The van der Waals surface area contributed by atoms with E-state index in [4.69, 9.17) is 21.7 Å². The normalized spacial score (nSPS) is 10.3. The Morgan fingerprint density at radius 2 is 1.90 bits per heavy atom. The van der Waals surface area contributed by atoms with Crippen LogP contribution in [0.2, 0.25) is 0 Å². The molecule has 0 aliphatic carbocycles. The second kappa shape index (κ2) is 11.2. The van der Waals surface area contributed by atoms with Crippen molar-refractivity contribution in [1.82, 2.24) is 16.2 Å².